The van der Waals surface area contributed by atoms with Gasteiger partial charge in [0.05, 0.1) is 22.5 Å². The van der Waals surface area contributed by atoms with Gasteiger partial charge in [0.25, 0.3) is 0 Å². The number of ether oxygens (including phenoxy) is 1. The summed E-state index contributed by atoms with van der Waals surface area (Å²) >= 11 is 10.2. The third kappa shape index (κ3) is 2.72. The maximum atomic E-state index is 6.51. The van der Waals surface area contributed by atoms with E-state index in [2.05, 4.69) is 46.5 Å². The first-order valence-corrected chi connectivity index (χ1v) is 8.49. The van der Waals surface area contributed by atoms with Crippen molar-refractivity contribution in [3.05, 3.63) is 16.4 Å². The molecular weight excluding hydrogens is 328 g/mol. The molecule has 2 atom stereocenters. The van der Waals surface area contributed by atoms with Crippen LogP contribution in [0.25, 0.3) is 0 Å². The Labute approximate surface area is 128 Å². The predicted octanol–water partition coefficient (Wildman–Crippen LogP) is 3.85. The lowest BCUT2D eigenvalue weighted by molar-refractivity contribution is 0.0737. The number of alkyl halides is 1. The number of hydrogen-bond donors (Lipinski definition) is 0. The number of aryl methyl sites for hydroxylation is 2. The van der Waals surface area contributed by atoms with Gasteiger partial charge in [-0.05, 0) is 33.1 Å². The van der Waals surface area contributed by atoms with Crippen LogP contribution in [-0.2, 0) is 24.1 Å². The van der Waals surface area contributed by atoms with Gasteiger partial charge >= 0.3 is 0 Å². The summed E-state index contributed by atoms with van der Waals surface area (Å²) in [5, 5.41) is 6.40. The zero-order chi connectivity index (χ0) is 14.0. The Balaban J connectivity index is 2.34. The van der Waals surface area contributed by atoms with Crippen LogP contribution in [0.5, 0.6) is 0 Å². The normalized spacial score (nSPS) is 27.1. The van der Waals surface area contributed by atoms with Gasteiger partial charge < -0.3 is 4.74 Å². The van der Waals surface area contributed by atoms with E-state index in [9.17, 15) is 0 Å². The van der Waals surface area contributed by atoms with Crippen LogP contribution >= 0.6 is 27.5 Å². The molecule has 0 amide bonds. The van der Waals surface area contributed by atoms with E-state index in [1.54, 1.807) is 0 Å². The van der Waals surface area contributed by atoms with Crippen molar-refractivity contribution in [2.24, 2.45) is 5.41 Å². The van der Waals surface area contributed by atoms with Crippen LogP contribution in [0.4, 0.5) is 0 Å². The lowest BCUT2D eigenvalue weighted by Gasteiger charge is -2.30. The second-order valence-electron chi connectivity index (χ2n) is 5.31. The molecule has 1 fully saturated rings. The summed E-state index contributed by atoms with van der Waals surface area (Å²) in [6.45, 7) is 8.07. The van der Waals surface area contributed by atoms with E-state index in [0.717, 1.165) is 54.2 Å². The second kappa shape index (κ2) is 6.15. The van der Waals surface area contributed by atoms with Gasteiger partial charge in [0, 0.05) is 23.9 Å². The van der Waals surface area contributed by atoms with Crippen LogP contribution < -0.4 is 0 Å². The monoisotopic (exact) mass is 348 g/mol. The molecule has 0 radical (unpaired) electrons. The van der Waals surface area contributed by atoms with E-state index in [0.29, 0.717) is 0 Å². The first kappa shape index (κ1) is 15.3. The molecule has 0 saturated carbocycles. The largest absolute Gasteiger partial charge is 0.378 e. The summed E-state index contributed by atoms with van der Waals surface area (Å²) in [6.07, 6.45) is 3.14. The van der Waals surface area contributed by atoms with Crippen molar-refractivity contribution in [2.45, 2.75) is 52.7 Å². The Hall–Kier alpha value is -0.0600. The minimum Gasteiger partial charge on any atom is -0.378 e. The third-order valence-electron chi connectivity index (χ3n) is 4.31. The maximum Gasteiger partial charge on any atom is 0.0850 e. The van der Waals surface area contributed by atoms with E-state index in [1.165, 1.54) is 0 Å². The molecule has 0 aliphatic carbocycles. The van der Waals surface area contributed by atoms with Gasteiger partial charge in [-0.15, -0.1) is 0 Å². The van der Waals surface area contributed by atoms with E-state index in [1.807, 2.05) is 0 Å². The van der Waals surface area contributed by atoms with E-state index in [4.69, 9.17) is 16.3 Å². The highest BCUT2D eigenvalue weighted by Gasteiger charge is 2.42. The molecule has 0 bridgehead atoms. The molecule has 2 unspecified atom stereocenters. The van der Waals surface area contributed by atoms with Crippen LogP contribution in [0.15, 0.2) is 0 Å². The summed E-state index contributed by atoms with van der Waals surface area (Å²) in [6, 6.07) is 0. The van der Waals surface area contributed by atoms with Crippen LogP contribution in [0.2, 0.25) is 5.02 Å². The molecule has 1 aromatic heterocycles. The van der Waals surface area contributed by atoms with E-state index in [-0.39, 0.29) is 11.5 Å². The highest BCUT2D eigenvalue weighted by Crippen LogP contribution is 2.41. The minimum atomic E-state index is 0.140. The lowest BCUT2D eigenvalue weighted by Crippen LogP contribution is -2.34. The van der Waals surface area contributed by atoms with Crippen molar-refractivity contribution in [3.63, 3.8) is 0 Å². The molecule has 1 aliphatic rings. The van der Waals surface area contributed by atoms with Crippen LogP contribution in [0, 0.1) is 5.41 Å². The first-order chi connectivity index (χ1) is 9.07. The molecule has 19 heavy (non-hydrogen) atoms. The Morgan fingerprint density at radius 3 is 2.74 bits per heavy atom. The quantitative estimate of drug-likeness (QED) is 0.755. The maximum absolute atomic E-state index is 6.51. The van der Waals surface area contributed by atoms with Gasteiger partial charge in [-0.25, -0.2) is 0 Å². The van der Waals surface area contributed by atoms with Crippen molar-refractivity contribution in [2.75, 3.05) is 11.9 Å². The number of hydrogen-bond acceptors (Lipinski definition) is 2. The van der Waals surface area contributed by atoms with Crippen LogP contribution in [0.3, 0.4) is 0 Å². The number of rotatable bonds is 5. The Morgan fingerprint density at radius 2 is 2.26 bits per heavy atom. The molecular formula is C14H22BrClN2O. The summed E-state index contributed by atoms with van der Waals surface area (Å²) < 4.78 is 7.83. The van der Waals surface area contributed by atoms with Crippen molar-refractivity contribution in [1.29, 1.82) is 0 Å². The van der Waals surface area contributed by atoms with Gasteiger partial charge in [0.2, 0.25) is 0 Å². The average Bonchev–Trinajstić information content (AvgIpc) is 2.93. The molecule has 2 heterocycles. The molecule has 0 aromatic carbocycles. The SMILES string of the molecule is CCc1nn(CC)c(CC2(CBr)CCOC2C)c1Cl. The van der Waals surface area contributed by atoms with E-state index < -0.39 is 0 Å². The molecule has 0 spiro atoms. The molecule has 1 aliphatic heterocycles. The fraction of sp³-hybridized carbons (Fsp3) is 0.786. The topological polar surface area (TPSA) is 27.1 Å². The fourth-order valence-corrected chi connectivity index (χ4v) is 4.06. The van der Waals surface area contributed by atoms with Gasteiger partial charge in [-0.1, -0.05) is 34.5 Å². The van der Waals surface area contributed by atoms with Crippen LogP contribution in [-0.4, -0.2) is 27.8 Å². The fourth-order valence-electron chi connectivity index (χ4n) is 2.79. The van der Waals surface area contributed by atoms with Crippen LogP contribution in [0.1, 0.15) is 38.6 Å². The Kier molecular flexibility index (Phi) is 4.96. The zero-order valence-corrected chi connectivity index (χ0v) is 14.2. The molecule has 2 rings (SSSR count). The van der Waals surface area contributed by atoms with Gasteiger partial charge in [-0.2, -0.15) is 5.10 Å². The number of halogens is 2. The standard InChI is InChI=1S/C14H22BrClN2O/c1-4-11-13(16)12(18(5-2)17-11)8-14(9-15)6-7-19-10(14)3/h10H,4-9H2,1-3H3. The zero-order valence-electron chi connectivity index (χ0n) is 11.9. The average molecular weight is 350 g/mol. The molecule has 1 saturated heterocycles. The number of nitrogens with zero attached hydrogens (tertiary/aromatic N) is 2. The molecule has 3 nitrogen and oxygen atoms in total. The predicted molar refractivity (Wildman–Crippen MR) is 82.3 cm³/mol. The Bertz CT molecular complexity index is 449. The van der Waals surface area contributed by atoms with E-state index >= 15 is 0 Å². The number of aromatic nitrogens is 2. The second-order valence-corrected chi connectivity index (χ2v) is 6.25. The van der Waals surface area contributed by atoms with Gasteiger partial charge in [0.15, 0.2) is 0 Å². The summed E-state index contributed by atoms with van der Waals surface area (Å²) in [4.78, 5) is 0. The minimum absolute atomic E-state index is 0.140. The molecule has 1 aromatic rings. The highest BCUT2D eigenvalue weighted by molar-refractivity contribution is 9.09. The third-order valence-corrected chi connectivity index (χ3v) is 5.86. The van der Waals surface area contributed by atoms with Crippen molar-refractivity contribution < 1.29 is 4.74 Å². The highest BCUT2D eigenvalue weighted by atomic mass is 79.9. The Morgan fingerprint density at radius 1 is 1.53 bits per heavy atom. The van der Waals surface area contributed by atoms with Gasteiger partial charge in [-0.3, -0.25) is 4.68 Å². The van der Waals surface area contributed by atoms with Crippen molar-refractivity contribution >= 4 is 27.5 Å². The molecule has 0 N–H and O–H groups in total. The van der Waals surface area contributed by atoms with Crippen molar-refractivity contribution in [3.8, 4) is 0 Å². The lowest BCUT2D eigenvalue weighted by atomic mass is 9.79. The van der Waals surface area contributed by atoms with Gasteiger partial charge in [0.1, 0.15) is 0 Å². The smallest absolute Gasteiger partial charge is 0.0850 e. The summed E-state index contributed by atoms with van der Waals surface area (Å²) in [5.74, 6) is 0. The molecule has 5 heteroatoms. The molecule has 108 valence electrons. The van der Waals surface area contributed by atoms with Crippen molar-refractivity contribution in [1.82, 2.24) is 9.78 Å². The first-order valence-electron chi connectivity index (χ1n) is 6.99. The summed E-state index contributed by atoms with van der Waals surface area (Å²) in [5.41, 5.74) is 2.31. The summed E-state index contributed by atoms with van der Waals surface area (Å²) in [7, 11) is 0.